The zero-order valence-corrected chi connectivity index (χ0v) is 20.9. The Kier molecular flexibility index (Phi) is 6.06. The summed E-state index contributed by atoms with van der Waals surface area (Å²) in [6, 6.07) is 8.02. The summed E-state index contributed by atoms with van der Waals surface area (Å²) in [6.07, 6.45) is 3.28. The van der Waals surface area contributed by atoms with Gasteiger partial charge in [-0.05, 0) is 49.6 Å². The minimum atomic E-state index is -0.431. The van der Waals surface area contributed by atoms with Gasteiger partial charge >= 0.3 is 6.09 Å². The number of aryl methyl sites for hydroxylation is 1. The van der Waals surface area contributed by atoms with Gasteiger partial charge in [-0.3, -0.25) is 0 Å². The smallest absolute Gasteiger partial charge is 0.407 e. The third kappa shape index (κ3) is 4.42. The Labute approximate surface area is 211 Å². The summed E-state index contributed by atoms with van der Waals surface area (Å²) < 4.78 is 23.3. The standard InChI is InChI=1S/C26H26N4O5S/c1-14-8-18(23-20(9-14)29-22(32-2)12-27-23)25-30-19-5-6-21-17(24(19)36-25)10-16(34-21)11-28-26(31)35-15-4-3-7-33-13-15/h5-6,8-9,12,15-16H,3-4,7,10-11,13H2,1-2H3,(H,28,31)/t15?,16-/m0/s1. The molecule has 1 fully saturated rings. The molecule has 10 heteroatoms. The molecule has 2 aliphatic heterocycles. The summed E-state index contributed by atoms with van der Waals surface area (Å²) in [5.74, 6) is 1.31. The van der Waals surface area contributed by atoms with Gasteiger partial charge in [-0.1, -0.05) is 0 Å². The molecule has 0 radical (unpaired) electrons. The number of thiazole rings is 1. The Bertz CT molecular complexity index is 1450. The Morgan fingerprint density at radius 3 is 3.00 bits per heavy atom. The van der Waals surface area contributed by atoms with Gasteiger partial charge in [0.25, 0.3) is 0 Å². The zero-order valence-electron chi connectivity index (χ0n) is 20.1. The first-order valence-electron chi connectivity index (χ1n) is 12.0. The van der Waals surface area contributed by atoms with Crippen molar-refractivity contribution >= 4 is 38.7 Å². The molecule has 2 aromatic carbocycles. The first kappa shape index (κ1) is 22.9. The Balaban J connectivity index is 1.22. The number of rotatable bonds is 5. The maximum absolute atomic E-state index is 12.2. The molecular formula is C26H26N4O5S. The molecule has 1 N–H and O–H groups in total. The predicted octanol–water partition coefficient (Wildman–Crippen LogP) is 4.43. The van der Waals surface area contributed by atoms with Gasteiger partial charge in [0.1, 0.15) is 23.0 Å². The fourth-order valence-corrected chi connectivity index (χ4v) is 5.84. The van der Waals surface area contributed by atoms with Crippen LogP contribution in [0.5, 0.6) is 11.6 Å². The number of hydrogen-bond acceptors (Lipinski definition) is 9. The lowest BCUT2D eigenvalue weighted by Crippen LogP contribution is -2.38. The molecule has 2 aliphatic rings. The van der Waals surface area contributed by atoms with Crippen LogP contribution in [0.3, 0.4) is 0 Å². The predicted molar refractivity (Wildman–Crippen MR) is 136 cm³/mol. The second kappa shape index (κ2) is 9.51. The van der Waals surface area contributed by atoms with Crippen LogP contribution >= 0.6 is 11.3 Å². The fraction of sp³-hybridized carbons (Fsp3) is 0.385. The fourth-order valence-electron chi connectivity index (χ4n) is 4.71. The van der Waals surface area contributed by atoms with E-state index in [4.69, 9.17) is 23.9 Å². The number of carbonyl (C=O) groups excluding carboxylic acids is 1. The number of nitrogens with one attached hydrogen (secondary N) is 1. The third-order valence-electron chi connectivity index (χ3n) is 6.42. The van der Waals surface area contributed by atoms with Gasteiger partial charge in [0.2, 0.25) is 5.88 Å². The molecule has 2 atom stereocenters. The molecule has 9 nitrogen and oxygen atoms in total. The topological polar surface area (TPSA) is 105 Å². The van der Waals surface area contributed by atoms with E-state index in [1.165, 1.54) is 0 Å². The minimum Gasteiger partial charge on any atom is -0.488 e. The summed E-state index contributed by atoms with van der Waals surface area (Å²) in [4.78, 5) is 26.3. The van der Waals surface area contributed by atoms with Gasteiger partial charge in [-0.15, -0.1) is 11.3 Å². The van der Waals surface area contributed by atoms with Crippen LogP contribution in [0.2, 0.25) is 0 Å². The lowest BCUT2D eigenvalue weighted by molar-refractivity contribution is -0.0168. The molecule has 36 heavy (non-hydrogen) atoms. The SMILES string of the molecule is COc1cnc2c(-c3nc4ccc5c(c4s3)C[C@@H](CNC(=O)OC3CCCOC3)O5)cc(C)cc2n1. The number of hydrogen-bond donors (Lipinski definition) is 1. The third-order valence-corrected chi connectivity index (χ3v) is 7.58. The number of nitrogens with zero attached hydrogens (tertiary/aromatic N) is 3. The highest BCUT2D eigenvalue weighted by Crippen LogP contribution is 2.41. The quantitative estimate of drug-likeness (QED) is 0.424. The molecule has 0 aliphatic carbocycles. The number of fused-ring (bicyclic) bond motifs is 4. The first-order chi connectivity index (χ1) is 17.6. The van der Waals surface area contributed by atoms with Gasteiger partial charge in [-0.25, -0.2) is 19.7 Å². The molecule has 1 saturated heterocycles. The van der Waals surface area contributed by atoms with Crippen LogP contribution in [0.25, 0.3) is 31.8 Å². The highest BCUT2D eigenvalue weighted by Gasteiger charge is 2.28. The largest absolute Gasteiger partial charge is 0.488 e. The summed E-state index contributed by atoms with van der Waals surface area (Å²) in [5.41, 5.74) is 5.61. The normalized spacial score (nSPS) is 19.2. The molecule has 4 aromatic rings. The van der Waals surface area contributed by atoms with Crippen LogP contribution in [0.1, 0.15) is 24.0 Å². The van der Waals surface area contributed by atoms with Crippen LogP contribution in [-0.4, -0.2) is 60.1 Å². The molecule has 6 rings (SSSR count). The number of benzene rings is 2. The van der Waals surface area contributed by atoms with Crippen LogP contribution in [0.4, 0.5) is 4.79 Å². The van der Waals surface area contributed by atoms with Crippen molar-refractivity contribution in [2.75, 3.05) is 26.9 Å². The summed E-state index contributed by atoms with van der Waals surface area (Å²) in [5, 5.41) is 3.72. The second-order valence-corrected chi connectivity index (χ2v) is 10.1. The van der Waals surface area contributed by atoms with Gasteiger partial charge in [0.15, 0.2) is 0 Å². The Morgan fingerprint density at radius 2 is 2.17 bits per heavy atom. The Hall–Kier alpha value is -3.50. The first-order valence-corrected chi connectivity index (χ1v) is 12.8. The molecule has 0 bridgehead atoms. The average molecular weight is 507 g/mol. The van der Waals surface area contributed by atoms with E-state index in [9.17, 15) is 4.79 Å². The number of amides is 1. The van der Waals surface area contributed by atoms with Crippen molar-refractivity contribution in [2.24, 2.45) is 0 Å². The van der Waals surface area contributed by atoms with Crippen molar-refractivity contribution in [3.8, 4) is 22.2 Å². The number of alkyl carbamates (subject to hydrolysis) is 1. The van der Waals surface area contributed by atoms with Gasteiger partial charge in [-0.2, -0.15) is 0 Å². The van der Waals surface area contributed by atoms with E-state index in [2.05, 4.69) is 21.4 Å². The molecule has 0 spiro atoms. The highest BCUT2D eigenvalue weighted by molar-refractivity contribution is 7.22. The van der Waals surface area contributed by atoms with Gasteiger partial charge in [0.05, 0.1) is 47.7 Å². The molecule has 0 saturated carbocycles. The van der Waals surface area contributed by atoms with E-state index >= 15 is 0 Å². The monoisotopic (exact) mass is 506 g/mol. The van der Waals surface area contributed by atoms with Crippen molar-refractivity contribution in [2.45, 2.75) is 38.4 Å². The van der Waals surface area contributed by atoms with E-state index in [1.54, 1.807) is 24.6 Å². The van der Waals surface area contributed by atoms with Crippen molar-refractivity contribution in [3.05, 3.63) is 41.6 Å². The highest BCUT2D eigenvalue weighted by atomic mass is 32.1. The average Bonchev–Trinajstić information content (AvgIpc) is 3.51. The van der Waals surface area contributed by atoms with E-state index in [0.29, 0.717) is 25.5 Å². The number of carbonyl (C=O) groups is 1. The molecule has 186 valence electrons. The van der Waals surface area contributed by atoms with Gasteiger partial charge < -0.3 is 24.3 Å². The van der Waals surface area contributed by atoms with Crippen molar-refractivity contribution in [3.63, 3.8) is 0 Å². The van der Waals surface area contributed by atoms with Gasteiger partial charge in [0, 0.05) is 24.2 Å². The van der Waals surface area contributed by atoms with Crippen LogP contribution in [0.15, 0.2) is 30.5 Å². The van der Waals surface area contributed by atoms with Crippen molar-refractivity contribution in [1.82, 2.24) is 20.3 Å². The zero-order chi connectivity index (χ0) is 24.6. The van der Waals surface area contributed by atoms with Crippen molar-refractivity contribution < 1.29 is 23.7 Å². The minimum absolute atomic E-state index is 0.163. The molecule has 1 amide bonds. The van der Waals surface area contributed by atoms with E-state index in [1.807, 2.05) is 25.1 Å². The summed E-state index contributed by atoms with van der Waals surface area (Å²) in [7, 11) is 1.58. The van der Waals surface area contributed by atoms with E-state index in [0.717, 1.165) is 68.1 Å². The molecule has 1 unspecified atom stereocenters. The number of methoxy groups -OCH3 is 1. The van der Waals surface area contributed by atoms with Crippen LogP contribution < -0.4 is 14.8 Å². The van der Waals surface area contributed by atoms with E-state index < -0.39 is 6.09 Å². The lowest BCUT2D eigenvalue weighted by atomic mass is 10.1. The summed E-state index contributed by atoms with van der Waals surface area (Å²) >= 11 is 1.62. The molecular weight excluding hydrogens is 480 g/mol. The van der Waals surface area contributed by atoms with Crippen molar-refractivity contribution in [1.29, 1.82) is 0 Å². The lowest BCUT2D eigenvalue weighted by Gasteiger charge is -2.22. The second-order valence-electron chi connectivity index (χ2n) is 9.07. The van der Waals surface area contributed by atoms with E-state index in [-0.39, 0.29) is 12.2 Å². The molecule has 4 heterocycles. The number of ether oxygens (including phenoxy) is 4. The van der Waals surface area contributed by atoms with Crippen LogP contribution in [-0.2, 0) is 15.9 Å². The maximum Gasteiger partial charge on any atom is 0.407 e. The number of aromatic nitrogens is 3. The molecule has 2 aromatic heterocycles. The maximum atomic E-state index is 12.2. The Morgan fingerprint density at radius 1 is 1.25 bits per heavy atom. The summed E-state index contributed by atoms with van der Waals surface area (Å²) in [6.45, 7) is 3.59. The van der Waals surface area contributed by atoms with Crippen LogP contribution in [0, 0.1) is 6.92 Å².